The Kier molecular flexibility index (Phi) is 5.94. The molecule has 0 amide bonds. The van der Waals surface area contributed by atoms with Crippen molar-refractivity contribution in [3.8, 4) is 0 Å². The molecule has 0 aromatic heterocycles. The molecule has 1 heterocycles. The summed E-state index contributed by atoms with van der Waals surface area (Å²) >= 11 is 0. The first kappa shape index (κ1) is 16.2. The molecule has 1 aromatic rings. The van der Waals surface area contributed by atoms with Crippen molar-refractivity contribution in [1.29, 1.82) is 0 Å². The van der Waals surface area contributed by atoms with Crippen LogP contribution in [0.5, 0.6) is 0 Å². The van der Waals surface area contributed by atoms with Crippen LogP contribution in [-0.4, -0.2) is 33.4 Å². The molecule has 1 saturated heterocycles. The molecule has 1 N–H and O–H groups in total. The first-order valence-corrected chi connectivity index (χ1v) is 7.59. The van der Waals surface area contributed by atoms with Crippen LogP contribution >= 0.6 is 0 Å². The highest BCUT2D eigenvalue weighted by atomic mass is 19.1. The van der Waals surface area contributed by atoms with E-state index < -0.39 is 11.6 Å². The van der Waals surface area contributed by atoms with Crippen LogP contribution in [0.1, 0.15) is 25.3 Å². The van der Waals surface area contributed by atoms with Crippen molar-refractivity contribution in [3.05, 3.63) is 29.3 Å². The van der Waals surface area contributed by atoms with E-state index in [1.807, 2.05) is 6.92 Å². The van der Waals surface area contributed by atoms with Gasteiger partial charge in [-0.2, -0.15) is 0 Å². The Labute approximate surface area is 125 Å². The van der Waals surface area contributed by atoms with E-state index in [1.165, 1.54) is 12.1 Å². The second-order valence-electron chi connectivity index (χ2n) is 5.62. The smallest absolute Gasteiger partial charge is 0.149 e. The molecule has 1 aliphatic heterocycles. The number of hydrogen-bond donors (Lipinski definition) is 1. The molecule has 1 fully saturated rings. The van der Waals surface area contributed by atoms with E-state index in [1.54, 1.807) is 11.9 Å². The zero-order valence-corrected chi connectivity index (χ0v) is 12.8. The number of ether oxygens (including phenoxy) is 1. The Balaban J connectivity index is 2.07. The van der Waals surface area contributed by atoms with Crippen LogP contribution in [0.15, 0.2) is 12.1 Å². The molecule has 0 saturated carbocycles. The van der Waals surface area contributed by atoms with Crippen LogP contribution in [0, 0.1) is 17.6 Å². The van der Waals surface area contributed by atoms with Crippen LogP contribution in [0.25, 0.3) is 0 Å². The molecule has 1 aromatic carbocycles. The number of halogens is 2. The van der Waals surface area contributed by atoms with E-state index in [-0.39, 0.29) is 5.69 Å². The zero-order valence-electron chi connectivity index (χ0n) is 12.8. The first-order valence-electron chi connectivity index (χ1n) is 7.59. The van der Waals surface area contributed by atoms with E-state index in [4.69, 9.17) is 4.74 Å². The number of hydrogen-bond acceptors (Lipinski definition) is 3. The summed E-state index contributed by atoms with van der Waals surface area (Å²) in [6.07, 6.45) is 1.90. The van der Waals surface area contributed by atoms with Crippen LogP contribution in [0.2, 0.25) is 0 Å². The monoisotopic (exact) mass is 298 g/mol. The molecule has 0 spiro atoms. The maximum Gasteiger partial charge on any atom is 0.149 e. The Hall–Kier alpha value is -1.20. The minimum atomic E-state index is -0.488. The van der Waals surface area contributed by atoms with Crippen molar-refractivity contribution in [2.45, 2.75) is 26.3 Å². The lowest BCUT2D eigenvalue weighted by Gasteiger charge is -2.29. The van der Waals surface area contributed by atoms with Gasteiger partial charge in [0, 0.05) is 33.4 Å². The Morgan fingerprint density at radius 2 is 1.86 bits per heavy atom. The van der Waals surface area contributed by atoms with Crippen LogP contribution < -0.4 is 10.2 Å². The summed E-state index contributed by atoms with van der Waals surface area (Å²) in [5.74, 6) is -0.543. The van der Waals surface area contributed by atoms with Gasteiger partial charge in [-0.15, -0.1) is 0 Å². The van der Waals surface area contributed by atoms with E-state index >= 15 is 0 Å². The first-order chi connectivity index (χ1) is 10.1. The van der Waals surface area contributed by atoms with Gasteiger partial charge in [0.2, 0.25) is 0 Å². The van der Waals surface area contributed by atoms with Crippen molar-refractivity contribution in [2.75, 3.05) is 38.3 Å². The SMILES string of the molecule is CCNCc1cc(F)c(N(C)CC2CCOCC2)c(F)c1. The Morgan fingerprint density at radius 1 is 1.24 bits per heavy atom. The molecule has 21 heavy (non-hydrogen) atoms. The maximum atomic E-state index is 14.2. The van der Waals surface area contributed by atoms with Crippen LogP contribution in [0.3, 0.4) is 0 Å². The summed E-state index contributed by atoms with van der Waals surface area (Å²) < 4.78 is 33.7. The third-order valence-electron chi connectivity index (χ3n) is 3.91. The molecule has 1 aliphatic rings. The molecule has 0 atom stereocenters. The molecule has 0 radical (unpaired) electrons. The largest absolute Gasteiger partial charge is 0.381 e. The highest BCUT2D eigenvalue weighted by Crippen LogP contribution is 2.26. The molecule has 0 aliphatic carbocycles. The lowest BCUT2D eigenvalue weighted by atomic mass is 9.99. The normalized spacial score (nSPS) is 16.2. The Morgan fingerprint density at radius 3 is 2.43 bits per heavy atom. The van der Waals surface area contributed by atoms with Gasteiger partial charge in [0.15, 0.2) is 0 Å². The van der Waals surface area contributed by atoms with Crippen LogP contribution in [-0.2, 0) is 11.3 Å². The van der Waals surface area contributed by atoms with Gasteiger partial charge in [-0.25, -0.2) is 8.78 Å². The van der Waals surface area contributed by atoms with E-state index in [2.05, 4.69) is 5.32 Å². The average molecular weight is 298 g/mol. The lowest BCUT2D eigenvalue weighted by Crippen LogP contribution is -2.30. The molecule has 0 unspecified atom stereocenters. The second-order valence-corrected chi connectivity index (χ2v) is 5.62. The zero-order chi connectivity index (χ0) is 15.2. The van der Waals surface area contributed by atoms with Gasteiger partial charge in [-0.05, 0) is 43.0 Å². The summed E-state index contributed by atoms with van der Waals surface area (Å²) in [5.41, 5.74) is 0.705. The van der Waals surface area contributed by atoms with Crippen molar-refractivity contribution < 1.29 is 13.5 Å². The summed E-state index contributed by atoms with van der Waals surface area (Å²) in [5, 5.41) is 3.07. The summed E-state index contributed by atoms with van der Waals surface area (Å²) in [7, 11) is 1.75. The Bertz CT molecular complexity index is 439. The van der Waals surface area contributed by atoms with E-state index in [0.717, 1.165) is 32.6 Å². The molecule has 2 rings (SSSR count). The fourth-order valence-electron chi connectivity index (χ4n) is 2.76. The van der Waals surface area contributed by atoms with Gasteiger partial charge in [0.05, 0.1) is 0 Å². The highest BCUT2D eigenvalue weighted by Gasteiger charge is 2.20. The minimum absolute atomic E-state index is 0.0711. The molecule has 5 heteroatoms. The van der Waals surface area contributed by atoms with Gasteiger partial charge in [-0.1, -0.05) is 6.92 Å². The van der Waals surface area contributed by atoms with Gasteiger partial charge in [0.1, 0.15) is 17.3 Å². The number of anilines is 1. The van der Waals surface area contributed by atoms with Crippen molar-refractivity contribution in [3.63, 3.8) is 0 Å². The molecular formula is C16H24F2N2O. The van der Waals surface area contributed by atoms with E-state index in [9.17, 15) is 8.78 Å². The second kappa shape index (κ2) is 7.71. The third-order valence-corrected chi connectivity index (χ3v) is 3.91. The number of benzene rings is 1. The minimum Gasteiger partial charge on any atom is -0.381 e. The predicted molar refractivity (Wildman–Crippen MR) is 80.6 cm³/mol. The molecule has 118 valence electrons. The summed E-state index contributed by atoms with van der Waals surface area (Å²) in [6, 6.07) is 2.84. The van der Waals surface area contributed by atoms with Gasteiger partial charge in [-0.3, -0.25) is 0 Å². The fraction of sp³-hybridized carbons (Fsp3) is 0.625. The standard InChI is InChI=1S/C16H24F2N2O/c1-3-19-10-13-8-14(17)16(15(18)9-13)20(2)11-12-4-6-21-7-5-12/h8-9,12,19H,3-7,10-11H2,1-2H3. The summed E-state index contributed by atoms with van der Waals surface area (Å²) in [4.78, 5) is 1.69. The van der Waals surface area contributed by atoms with Gasteiger partial charge < -0.3 is 15.0 Å². The quantitative estimate of drug-likeness (QED) is 0.874. The third kappa shape index (κ3) is 4.38. The molecule has 3 nitrogen and oxygen atoms in total. The van der Waals surface area contributed by atoms with Crippen molar-refractivity contribution >= 4 is 5.69 Å². The topological polar surface area (TPSA) is 24.5 Å². The molecular weight excluding hydrogens is 274 g/mol. The number of rotatable bonds is 6. The lowest BCUT2D eigenvalue weighted by molar-refractivity contribution is 0.0684. The fourth-order valence-corrected chi connectivity index (χ4v) is 2.76. The molecule has 0 bridgehead atoms. The summed E-state index contributed by atoms with van der Waals surface area (Å²) in [6.45, 7) is 5.35. The van der Waals surface area contributed by atoms with E-state index in [0.29, 0.717) is 24.6 Å². The predicted octanol–water partition coefficient (Wildman–Crippen LogP) is 2.94. The van der Waals surface area contributed by atoms with Gasteiger partial charge >= 0.3 is 0 Å². The van der Waals surface area contributed by atoms with Gasteiger partial charge in [0.25, 0.3) is 0 Å². The average Bonchev–Trinajstić information content (AvgIpc) is 2.45. The number of nitrogens with zero attached hydrogens (tertiary/aromatic N) is 1. The highest BCUT2D eigenvalue weighted by molar-refractivity contribution is 5.50. The number of nitrogens with one attached hydrogen (secondary N) is 1. The maximum absolute atomic E-state index is 14.2. The van der Waals surface area contributed by atoms with Crippen LogP contribution in [0.4, 0.5) is 14.5 Å². The van der Waals surface area contributed by atoms with Crippen molar-refractivity contribution in [1.82, 2.24) is 5.32 Å². The van der Waals surface area contributed by atoms with Crippen molar-refractivity contribution in [2.24, 2.45) is 5.92 Å².